The van der Waals surface area contributed by atoms with Gasteiger partial charge in [-0.1, -0.05) is 20.8 Å². The highest BCUT2D eigenvalue weighted by Gasteiger charge is 2.54. The molecule has 2 saturated heterocycles. The standard InChI is InChI=1S/C17H27NO5/c1-10(2)14-8-7-11(3)15(20)17(22,23-14)16(21)18-9-5-6-13(18)12(4)19/h10-11,13-14,22H,5-9H2,1-4H3. The first-order valence-corrected chi connectivity index (χ1v) is 8.44. The van der Waals surface area contributed by atoms with Gasteiger partial charge in [-0.3, -0.25) is 14.4 Å². The lowest BCUT2D eigenvalue weighted by molar-refractivity contribution is -0.231. The van der Waals surface area contributed by atoms with Crippen LogP contribution in [-0.4, -0.2) is 52.0 Å². The molecule has 6 heteroatoms. The van der Waals surface area contributed by atoms with Crippen LogP contribution >= 0.6 is 0 Å². The summed E-state index contributed by atoms with van der Waals surface area (Å²) < 4.78 is 5.65. The van der Waals surface area contributed by atoms with Crippen molar-refractivity contribution in [1.82, 2.24) is 4.90 Å². The van der Waals surface area contributed by atoms with Gasteiger partial charge >= 0.3 is 5.79 Å². The average molecular weight is 325 g/mol. The molecule has 4 atom stereocenters. The van der Waals surface area contributed by atoms with Crippen LogP contribution in [0.2, 0.25) is 0 Å². The van der Waals surface area contributed by atoms with Crippen molar-refractivity contribution in [2.24, 2.45) is 11.8 Å². The van der Waals surface area contributed by atoms with Gasteiger partial charge in [0.15, 0.2) is 5.78 Å². The van der Waals surface area contributed by atoms with Gasteiger partial charge in [0.2, 0.25) is 5.78 Å². The summed E-state index contributed by atoms with van der Waals surface area (Å²) in [4.78, 5) is 38.5. The minimum Gasteiger partial charge on any atom is -0.352 e. The molecule has 0 radical (unpaired) electrons. The number of rotatable bonds is 3. The smallest absolute Gasteiger partial charge is 0.309 e. The Morgan fingerprint density at radius 1 is 1.30 bits per heavy atom. The third-order valence-corrected chi connectivity index (χ3v) is 5.00. The van der Waals surface area contributed by atoms with E-state index in [0.29, 0.717) is 32.2 Å². The summed E-state index contributed by atoms with van der Waals surface area (Å²) >= 11 is 0. The highest BCUT2D eigenvalue weighted by Crippen LogP contribution is 2.33. The van der Waals surface area contributed by atoms with Crippen molar-refractivity contribution in [3.63, 3.8) is 0 Å². The lowest BCUT2D eigenvalue weighted by Gasteiger charge is -2.34. The maximum absolute atomic E-state index is 12.9. The van der Waals surface area contributed by atoms with Crippen LogP contribution in [0.3, 0.4) is 0 Å². The Balaban J connectivity index is 2.33. The molecule has 2 aliphatic rings. The van der Waals surface area contributed by atoms with Gasteiger partial charge < -0.3 is 14.7 Å². The van der Waals surface area contributed by atoms with E-state index in [1.54, 1.807) is 6.92 Å². The van der Waals surface area contributed by atoms with Crippen LogP contribution in [0.25, 0.3) is 0 Å². The third-order valence-electron chi connectivity index (χ3n) is 5.00. The Hall–Kier alpha value is -1.27. The second-order valence-electron chi connectivity index (χ2n) is 7.15. The van der Waals surface area contributed by atoms with E-state index in [-0.39, 0.29) is 17.8 Å². The number of likely N-dealkylation sites (tertiary alicyclic amines) is 1. The summed E-state index contributed by atoms with van der Waals surface area (Å²) in [5.74, 6) is -4.35. The zero-order chi connectivity index (χ0) is 17.4. The molecule has 0 aliphatic carbocycles. The van der Waals surface area contributed by atoms with E-state index in [4.69, 9.17) is 4.74 Å². The molecule has 0 aromatic rings. The Bertz CT molecular complexity index is 503. The van der Waals surface area contributed by atoms with E-state index in [1.807, 2.05) is 13.8 Å². The van der Waals surface area contributed by atoms with Crippen LogP contribution in [-0.2, 0) is 19.1 Å². The van der Waals surface area contributed by atoms with Gasteiger partial charge in [0, 0.05) is 12.5 Å². The summed E-state index contributed by atoms with van der Waals surface area (Å²) in [7, 11) is 0. The number of Topliss-reactive ketones (excluding diaryl/α,β-unsaturated/α-hetero) is 2. The SMILES string of the molecule is CC(=O)C1CCCN1C(=O)C1(O)OC(C(C)C)CCC(C)C1=O. The van der Waals surface area contributed by atoms with Crippen LogP contribution in [0.4, 0.5) is 0 Å². The molecule has 1 amide bonds. The van der Waals surface area contributed by atoms with Crippen molar-refractivity contribution < 1.29 is 24.2 Å². The summed E-state index contributed by atoms with van der Waals surface area (Å²) in [6.45, 7) is 7.37. The molecule has 4 unspecified atom stereocenters. The minimum atomic E-state index is -2.47. The van der Waals surface area contributed by atoms with Crippen LogP contribution in [0, 0.1) is 11.8 Å². The number of carbonyl (C=O) groups is 3. The van der Waals surface area contributed by atoms with E-state index in [2.05, 4.69) is 0 Å². The Kier molecular flexibility index (Phi) is 5.26. The van der Waals surface area contributed by atoms with Crippen molar-refractivity contribution in [2.75, 3.05) is 6.54 Å². The quantitative estimate of drug-likeness (QED) is 0.791. The molecule has 0 aromatic heterocycles. The molecule has 0 spiro atoms. The zero-order valence-electron chi connectivity index (χ0n) is 14.4. The summed E-state index contributed by atoms with van der Waals surface area (Å²) in [5.41, 5.74) is 0. The fourth-order valence-electron chi connectivity index (χ4n) is 3.47. The Labute approximate surface area is 137 Å². The first kappa shape index (κ1) is 18.1. The number of nitrogens with zero attached hydrogens (tertiary/aromatic N) is 1. The predicted molar refractivity (Wildman–Crippen MR) is 83.5 cm³/mol. The van der Waals surface area contributed by atoms with Crippen molar-refractivity contribution in [2.45, 2.75) is 71.3 Å². The van der Waals surface area contributed by atoms with Crippen molar-refractivity contribution in [1.29, 1.82) is 0 Å². The molecule has 2 aliphatic heterocycles. The monoisotopic (exact) mass is 325 g/mol. The maximum atomic E-state index is 12.9. The van der Waals surface area contributed by atoms with Gasteiger partial charge in [-0.05, 0) is 38.5 Å². The van der Waals surface area contributed by atoms with E-state index in [0.717, 1.165) is 0 Å². The first-order valence-electron chi connectivity index (χ1n) is 8.44. The van der Waals surface area contributed by atoms with Crippen LogP contribution in [0.15, 0.2) is 0 Å². The normalized spacial score (nSPS) is 35.5. The number of ketones is 2. The third kappa shape index (κ3) is 3.33. The van der Waals surface area contributed by atoms with Crippen LogP contribution in [0.1, 0.15) is 53.4 Å². The van der Waals surface area contributed by atoms with Gasteiger partial charge in [-0.15, -0.1) is 0 Å². The van der Waals surface area contributed by atoms with Gasteiger partial charge in [-0.2, -0.15) is 0 Å². The van der Waals surface area contributed by atoms with E-state index in [1.165, 1.54) is 11.8 Å². The average Bonchev–Trinajstić information content (AvgIpc) is 2.94. The predicted octanol–water partition coefficient (Wildman–Crippen LogP) is 1.30. The molecule has 130 valence electrons. The van der Waals surface area contributed by atoms with Crippen LogP contribution in [0.5, 0.6) is 0 Å². The lowest BCUT2D eigenvalue weighted by atomic mass is 9.93. The Morgan fingerprint density at radius 3 is 2.52 bits per heavy atom. The van der Waals surface area contributed by atoms with Gasteiger partial charge in [0.25, 0.3) is 5.91 Å². The summed E-state index contributed by atoms with van der Waals surface area (Å²) in [6, 6.07) is -0.570. The molecule has 2 heterocycles. The molecule has 2 fully saturated rings. The minimum absolute atomic E-state index is 0.0783. The molecule has 1 N–H and O–H groups in total. The number of amides is 1. The van der Waals surface area contributed by atoms with Crippen molar-refractivity contribution in [3.05, 3.63) is 0 Å². The molecule has 23 heavy (non-hydrogen) atoms. The fourth-order valence-corrected chi connectivity index (χ4v) is 3.47. The second kappa shape index (κ2) is 6.69. The molecule has 2 rings (SSSR count). The van der Waals surface area contributed by atoms with Gasteiger partial charge in [0.1, 0.15) is 0 Å². The van der Waals surface area contributed by atoms with Crippen LogP contribution < -0.4 is 0 Å². The molecular formula is C17H27NO5. The summed E-state index contributed by atoms with van der Waals surface area (Å²) in [6.07, 6.45) is 2.08. The van der Waals surface area contributed by atoms with Crippen molar-refractivity contribution >= 4 is 17.5 Å². The molecule has 0 bridgehead atoms. The Morgan fingerprint density at radius 2 is 1.96 bits per heavy atom. The molecule has 0 aromatic carbocycles. The molecule has 6 nitrogen and oxygen atoms in total. The number of hydrogen-bond acceptors (Lipinski definition) is 5. The number of ether oxygens (including phenoxy) is 1. The van der Waals surface area contributed by atoms with Crippen molar-refractivity contribution in [3.8, 4) is 0 Å². The zero-order valence-corrected chi connectivity index (χ0v) is 14.4. The van der Waals surface area contributed by atoms with Gasteiger partial charge in [-0.25, -0.2) is 0 Å². The largest absolute Gasteiger partial charge is 0.352 e. The summed E-state index contributed by atoms with van der Waals surface area (Å²) in [5, 5.41) is 10.9. The topological polar surface area (TPSA) is 83.9 Å². The molecular weight excluding hydrogens is 298 g/mol. The van der Waals surface area contributed by atoms with E-state index in [9.17, 15) is 19.5 Å². The first-order chi connectivity index (χ1) is 10.7. The second-order valence-corrected chi connectivity index (χ2v) is 7.15. The lowest BCUT2D eigenvalue weighted by Crippen LogP contribution is -2.59. The highest BCUT2D eigenvalue weighted by molar-refractivity contribution is 6.09. The van der Waals surface area contributed by atoms with Gasteiger partial charge in [0.05, 0.1) is 12.1 Å². The fraction of sp³-hybridized carbons (Fsp3) is 0.824. The highest BCUT2D eigenvalue weighted by atomic mass is 16.6. The van der Waals surface area contributed by atoms with E-state index < -0.39 is 29.4 Å². The number of carbonyl (C=O) groups excluding carboxylic acids is 3. The molecule has 0 saturated carbocycles. The number of hydrogen-bond donors (Lipinski definition) is 1. The van der Waals surface area contributed by atoms with E-state index >= 15 is 0 Å². The number of aliphatic hydroxyl groups is 1. The maximum Gasteiger partial charge on any atom is 0.309 e.